The highest BCUT2D eigenvalue weighted by molar-refractivity contribution is 8.14. The summed E-state index contributed by atoms with van der Waals surface area (Å²) in [6, 6.07) is 13.5. The number of nitrogens with zero attached hydrogens (tertiary/aromatic N) is 5. The number of thioether (sulfide) groups is 1. The highest BCUT2D eigenvalue weighted by Crippen LogP contribution is 2.49. The van der Waals surface area contributed by atoms with Crippen molar-refractivity contribution < 1.29 is 0 Å². The van der Waals surface area contributed by atoms with Crippen LogP contribution in [0.25, 0.3) is 0 Å². The normalized spacial score (nSPS) is 23.0. The first-order chi connectivity index (χ1) is 14.7. The van der Waals surface area contributed by atoms with Gasteiger partial charge in [-0.05, 0) is 61.7 Å². The molecule has 0 aromatic carbocycles. The molecule has 0 aliphatic carbocycles. The Morgan fingerprint density at radius 1 is 1.10 bits per heavy atom. The number of fused-ring (bicyclic) bond motifs is 1. The second-order valence-electron chi connectivity index (χ2n) is 8.10. The van der Waals surface area contributed by atoms with Crippen molar-refractivity contribution in [1.82, 2.24) is 19.4 Å². The monoisotopic (exact) mass is 417 g/mol. The van der Waals surface area contributed by atoms with Crippen LogP contribution in [0.1, 0.15) is 53.6 Å². The molecule has 154 valence electrons. The predicted octanol–water partition coefficient (Wildman–Crippen LogP) is 4.92. The summed E-state index contributed by atoms with van der Waals surface area (Å²) in [5.74, 6) is 1.12. The van der Waals surface area contributed by atoms with E-state index < -0.39 is 0 Å². The molecule has 30 heavy (non-hydrogen) atoms. The highest BCUT2D eigenvalue weighted by atomic mass is 32.2. The van der Waals surface area contributed by atoms with E-state index in [0.29, 0.717) is 6.04 Å². The lowest BCUT2D eigenvalue weighted by atomic mass is 9.95. The topological polar surface area (TPSA) is 46.3 Å². The Morgan fingerprint density at radius 3 is 2.67 bits per heavy atom. The van der Waals surface area contributed by atoms with Crippen molar-refractivity contribution in [2.75, 3.05) is 5.75 Å². The van der Waals surface area contributed by atoms with Crippen LogP contribution in [0.3, 0.4) is 0 Å². The Balaban J connectivity index is 1.57. The summed E-state index contributed by atoms with van der Waals surface area (Å²) in [6.07, 6.45) is 6.75. The predicted molar refractivity (Wildman–Crippen MR) is 123 cm³/mol. The van der Waals surface area contributed by atoms with Crippen LogP contribution in [0.15, 0.2) is 60.0 Å². The van der Waals surface area contributed by atoms with E-state index in [4.69, 9.17) is 4.99 Å². The number of aromatic nitrogens is 3. The molecule has 5 heterocycles. The lowest BCUT2D eigenvalue weighted by Crippen LogP contribution is -2.35. The van der Waals surface area contributed by atoms with E-state index in [-0.39, 0.29) is 12.1 Å². The van der Waals surface area contributed by atoms with E-state index >= 15 is 0 Å². The molecule has 1 saturated heterocycles. The average molecular weight is 418 g/mol. The largest absolute Gasteiger partial charge is 0.344 e. The summed E-state index contributed by atoms with van der Waals surface area (Å²) < 4.78 is 2.42. The molecule has 0 unspecified atom stereocenters. The van der Waals surface area contributed by atoms with E-state index in [1.54, 1.807) is 0 Å². The molecule has 0 saturated carbocycles. The quantitative estimate of drug-likeness (QED) is 0.591. The molecule has 0 bridgehead atoms. The standard InChI is InChI=1S/C24H27N5S/c1-4-19-15-30-24-27-22(21-7-5-6-10-26-21)23(29(19)24)20-13-16(2)28(17(20)3)14-18-8-11-25-12-9-18/h5-13,19,22-23H,4,14-15H2,1-3H3/t19-,22-,23-/m1/s1. The number of amidine groups is 1. The van der Waals surface area contributed by atoms with Crippen LogP contribution in [0, 0.1) is 13.8 Å². The number of aryl methyl sites for hydroxylation is 1. The minimum atomic E-state index is 0.0397. The fraction of sp³-hybridized carbons (Fsp3) is 0.375. The average Bonchev–Trinajstić information content (AvgIpc) is 3.43. The van der Waals surface area contributed by atoms with Crippen LogP contribution < -0.4 is 0 Å². The lowest BCUT2D eigenvalue weighted by molar-refractivity contribution is 0.254. The smallest absolute Gasteiger partial charge is 0.160 e. The fourth-order valence-electron chi connectivity index (χ4n) is 4.73. The second kappa shape index (κ2) is 7.91. The van der Waals surface area contributed by atoms with Crippen LogP contribution in [0.2, 0.25) is 0 Å². The Hall–Kier alpha value is -2.60. The van der Waals surface area contributed by atoms with E-state index in [9.17, 15) is 0 Å². The van der Waals surface area contributed by atoms with E-state index in [1.807, 2.05) is 36.4 Å². The molecule has 0 radical (unpaired) electrons. The SMILES string of the molecule is CC[C@@H]1CSC2=N[C@H](c3ccccn3)[C@@H](c3cc(C)n(Cc4ccncc4)c3C)N21. The number of hydrogen-bond acceptors (Lipinski definition) is 5. The molecule has 1 fully saturated rings. The van der Waals surface area contributed by atoms with Crippen molar-refractivity contribution in [3.63, 3.8) is 0 Å². The third-order valence-electron chi connectivity index (χ3n) is 6.35. The highest BCUT2D eigenvalue weighted by Gasteiger charge is 2.46. The van der Waals surface area contributed by atoms with Crippen molar-refractivity contribution in [3.05, 3.63) is 83.2 Å². The van der Waals surface area contributed by atoms with Crippen LogP contribution >= 0.6 is 11.8 Å². The van der Waals surface area contributed by atoms with Gasteiger partial charge in [0.2, 0.25) is 0 Å². The van der Waals surface area contributed by atoms with Gasteiger partial charge < -0.3 is 9.47 Å². The van der Waals surface area contributed by atoms with Gasteiger partial charge in [-0.25, -0.2) is 0 Å². The summed E-state index contributed by atoms with van der Waals surface area (Å²) in [6.45, 7) is 7.61. The lowest BCUT2D eigenvalue weighted by Gasteiger charge is -2.32. The second-order valence-corrected chi connectivity index (χ2v) is 9.09. The Labute approximate surface area is 182 Å². The summed E-state index contributed by atoms with van der Waals surface area (Å²) in [4.78, 5) is 16.6. The van der Waals surface area contributed by atoms with Crippen LogP contribution in [0.5, 0.6) is 0 Å². The van der Waals surface area contributed by atoms with Gasteiger partial charge in [0.15, 0.2) is 5.17 Å². The molecule has 5 rings (SSSR count). The third-order valence-corrected chi connectivity index (χ3v) is 7.48. The van der Waals surface area contributed by atoms with Gasteiger partial charge in [-0.2, -0.15) is 0 Å². The van der Waals surface area contributed by atoms with Gasteiger partial charge in [0.1, 0.15) is 6.04 Å². The van der Waals surface area contributed by atoms with Crippen molar-refractivity contribution in [2.24, 2.45) is 4.99 Å². The summed E-state index contributed by atoms with van der Waals surface area (Å²) in [5.41, 5.74) is 6.30. The summed E-state index contributed by atoms with van der Waals surface area (Å²) >= 11 is 1.90. The van der Waals surface area contributed by atoms with Gasteiger partial charge >= 0.3 is 0 Å². The summed E-state index contributed by atoms with van der Waals surface area (Å²) in [7, 11) is 0. The van der Waals surface area contributed by atoms with Gasteiger partial charge in [-0.15, -0.1) is 0 Å². The zero-order valence-electron chi connectivity index (χ0n) is 17.7. The van der Waals surface area contributed by atoms with E-state index in [0.717, 1.165) is 24.4 Å². The zero-order valence-corrected chi connectivity index (χ0v) is 18.5. The Bertz CT molecular complexity index is 1060. The zero-order chi connectivity index (χ0) is 20.7. The van der Waals surface area contributed by atoms with Gasteiger partial charge in [-0.3, -0.25) is 15.0 Å². The molecule has 3 aromatic rings. The molecular formula is C24H27N5S. The molecule has 2 aliphatic rings. The first kappa shape index (κ1) is 19.4. The molecule has 3 atom stereocenters. The molecule has 0 spiro atoms. The Morgan fingerprint density at radius 2 is 1.93 bits per heavy atom. The molecule has 3 aromatic heterocycles. The van der Waals surface area contributed by atoms with Gasteiger partial charge in [0.05, 0.1) is 11.7 Å². The maximum absolute atomic E-state index is 5.17. The first-order valence-electron chi connectivity index (χ1n) is 10.6. The maximum atomic E-state index is 5.17. The third kappa shape index (κ3) is 3.23. The first-order valence-corrected chi connectivity index (χ1v) is 11.6. The van der Waals surface area contributed by atoms with Gasteiger partial charge in [0.25, 0.3) is 0 Å². The maximum Gasteiger partial charge on any atom is 0.160 e. The molecule has 2 aliphatic heterocycles. The minimum absolute atomic E-state index is 0.0397. The molecule has 0 amide bonds. The molecule has 0 N–H and O–H groups in total. The molecule has 6 heteroatoms. The van der Waals surface area contributed by atoms with Gasteiger partial charge in [0, 0.05) is 48.3 Å². The molecular weight excluding hydrogens is 390 g/mol. The number of aliphatic imine (C=N–C) groups is 1. The van der Waals surface area contributed by atoms with Crippen LogP contribution in [0.4, 0.5) is 0 Å². The fourth-order valence-corrected chi connectivity index (χ4v) is 6.07. The van der Waals surface area contributed by atoms with Crippen molar-refractivity contribution in [2.45, 2.75) is 51.9 Å². The Kier molecular flexibility index (Phi) is 5.11. The van der Waals surface area contributed by atoms with E-state index in [2.05, 4.69) is 70.5 Å². The van der Waals surface area contributed by atoms with Gasteiger partial charge in [-0.1, -0.05) is 24.8 Å². The van der Waals surface area contributed by atoms with Crippen LogP contribution in [-0.4, -0.2) is 36.4 Å². The van der Waals surface area contributed by atoms with E-state index in [1.165, 1.54) is 27.7 Å². The van der Waals surface area contributed by atoms with Crippen LogP contribution in [-0.2, 0) is 6.54 Å². The van der Waals surface area contributed by atoms with Crippen molar-refractivity contribution in [1.29, 1.82) is 0 Å². The number of hydrogen-bond donors (Lipinski definition) is 0. The number of rotatable bonds is 5. The summed E-state index contributed by atoms with van der Waals surface area (Å²) in [5, 5.41) is 1.18. The molecule has 5 nitrogen and oxygen atoms in total. The van der Waals surface area contributed by atoms with Crippen molar-refractivity contribution in [3.8, 4) is 0 Å². The van der Waals surface area contributed by atoms with Crippen molar-refractivity contribution >= 4 is 16.9 Å². The number of pyridine rings is 2. The minimum Gasteiger partial charge on any atom is -0.344 e.